The lowest BCUT2D eigenvalue weighted by atomic mass is 10.0. The van der Waals surface area contributed by atoms with Crippen molar-refractivity contribution in [3.63, 3.8) is 0 Å². The molecule has 5 nitrogen and oxygen atoms in total. The van der Waals surface area contributed by atoms with E-state index in [4.69, 9.17) is 5.11 Å². The van der Waals surface area contributed by atoms with E-state index in [1.54, 1.807) is 26.0 Å². The van der Waals surface area contributed by atoms with Crippen molar-refractivity contribution in [1.82, 2.24) is 10.6 Å². The lowest BCUT2D eigenvalue weighted by Crippen LogP contribution is -2.54. The maximum Gasteiger partial charge on any atom is 0.310 e. The predicted molar refractivity (Wildman–Crippen MR) is 64.6 cm³/mol. The van der Waals surface area contributed by atoms with Gasteiger partial charge in [0.25, 0.3) is 0 Å². The molecule has 0 radical (unpaired) electrons. The highest BCUT2D eigenvalue weighted by Gasteiger charge is 2.31. The Bertz CT molecular complexity index is 337. The molecule has 3 N–H and O–H groups in total. The molecular weight excluding hydrogens is 220 g/mol. The highest BCUT2D eigenvalue weighted by Crippen LogP contribution is 2.18. The van der Waals surface area contributed by atoms with Crippen LogP contribution in [0.3, 0.4) is 0 Å². The van der Waals surface area contributed by atoms with Crippen LogP contribution in [0.2, 0.25) is 0 Å². The average molecular weight is 240 g/mol. The summed E-state index contributed by atoms with van der Waals surface area (Å²) in [6.45, 7) is 6.25. The molecule has 0 saturated carbocycles. The van der Waals surface area contributed by atoms with Gasteiger partial charge in [0.15, 0.2) is 0 Å². The Morgan fingerprint density at radius 1 is 1.41 bits per heavy atom. The van der Waals surface area contributed by atoms with Gasteiger partial charge < -0.3 is 15.7 Å². The molecule has 1 rings (SSSR count). The maximum atomic E-state index is 11.9. The summed E-state index contributed by atoms with van der Waals surface area (Å²) < 4.78 is 0. The lowest BCUT2D eigenvalue weighted by Gasteiger charge is -2.26. The Labute approximate surface area is 101 Å². The molecule has 1 aliphatic rings. The van der Waals surface area contributed by atoms with Crippen LogP contribution in [-0.2, 0) is 9.59 Å². The molecule has 0 aromatic carbocycles. The second-order valence-corrected chi connectivity index (χ2v) is 4.80. The van der Waals surface area contributed by atoms with Crippen LogP contribution in [-0.4, -0.2) is 35.1 Å². The fourth-order valence-corrected chi connectivity index (χ4v) is 1.86. The molecule has 1 amide bonds. The van der Waals surface area contributed by atoms with Crippen LogP contribution < -0.4 is 10.6 Å². The van der Waals surface area contributed by atoms with Gasteiger partial charge in [0, 0.05) is 6.04 Å². The Morgan fingerprint density at radius 2 is 2.06 bits per heavy atom. The number of carboxylic acid groups (broad SMARTS) is 1. The molecule has 0 fully saturated rings. The predicted octanol–water partition coefficient (Wildman–Crippen LogP) is 0.520. The molecule has 5 heteroatoms. The number of aliphatic carboxylic acids is 1. The van der Waals surface area contributed by atoms with Crippen LogP contribution in [0, 0.1) is 5.92 Å². The molecule has 96 valence electrons. The maximum absolute atomic E-state index is 11.9. The van der Waals surface area contributed by atoms with Crippen molar-refractivity contribution < 1.29 is 14.7 Å². The van der Waals surface area contributed by atoms with Gasteiger partial charge in [-0.2, -0.15) is 0 Å². The Balaban J connectivity index is 2.49. The zero-order valence-electron chi connectivity index (χ0n) is 10.5. The molecule has 2 atom stereocenters. The molecule has 0 saturated heterocycles. The number of hydrogen-bond acceptors (Lipinski definition) is 3. The van der Waals surface area contributed by atoms with E-state index in [9.17, 15) is 9.59 Å². The Hall–Kier alpha value is -1.36. The minimum Gasteiger partial charge on any atom is -0.481 e. The fourth-order valence-electron chi connectivity index (χ4n) is 1.86. The molecule has 2 unspecified atom stereocenters. The van der Waals surface area contributed by atoms with E-state index in [0.717, 1.165) is 0 Å². The van der Waals surface area contributed by atoms with E-state index < -0.39 is 17.4 Å². The molecule has 0 aliphatic heterocycles. The number of rotatable bonds is 5. The summed E-state index contributed by atoms with van der Waals surface area (Å²) in [5, 5.41) is 14.7. The van der Waals surface area contributed by atoms with Gasteiger partial charge in [-0.3, -0.25) is 9.59 Å². The Kier molecular flexibility index (Phi) is 4.28. The van der Waals surface area contributed by atoms with Crippen molar-refractivity contribution in [3.05, 3.63) is 12.2 Å². The summed E-state index contributed by atoms with van der Waals surface area (Å²) in [5.41, 5.74) is -0.635. The molecule has 1 aliphatic carbocycles. The topological polar surface area (TPSA) is 78.4 Å². The number of amides is 1. The van der Waals surface area contributed by atoms with Gasteiger partial charge in [0.2, 0.25) is 5.91 Å². The van der Waals surface area contributed by atoms with Crippen molar-refractivity contribution in [2.24, 2.45) is 5.92 Å². The number of nitrogens with one attached hydrogen (secondary N) is 2. The fraction of sp³-hybridized carbons (Fsp3) is 0.667. The molecule has 0 spiro atoms. The normalized spacial score (nSPS) is 23.7. The van der Waals surface area contributed by atoms with Crippen LogP contribution in [0.15, 0.2) is 12.2 Å². The van der Waals surface area contributed by atoms with E-state index in [1.165, 1.54) is 0 Å². The first-order valence-electron chi connectivity index (χ1n) is 5.84. The van der Waals surface area contributed by atoms with Gasteiger partial charge in [0.05, 0.1) is 11.5 Å². The minimum atomic E-state index is -0.844. The van der Waals surface area contributed by atoms with E-state index >= 15 is 0 Å². The van der Waals surface area contributed by atoms with E-state index in [-0.39, 0.29) is 11.9 Å². The summed E-state index contributed by atoms with van der Waals surface area (Å²) in [4.78, 5) is 22.7. The number of likely N-dealkylation sites (N-methyl/N-ethyl adjacent to an activating group) is 1. The summed E-state index contributed by atoms with van der Waals surface area (Å²) in [6.07, 6.45) is 3.81. The third kappa shape index (κ3) is 3.56. The Morgan fingerprint density at radius 3 is 2.53 bits per heavy atom. The standard InChI is InChI=1S/C12H20N2O3/c1-4-13-12(2,3)11(17)14-9-6-5-8(7-9)10(15)16/h5-6,8-9,13H,4,7H2,1-3H3,(H,14,17)(H,15,16). The van der Waals surface area contributed by atoms with Gasteiger partial charge in [-0.25, -0.2) is 0 Å². The van der Waals surface area contributed by atoms with Gasteiger partial charge in [-0.05, 0) is 26.8 Å². The molecule has 17 heavy (non-hydrogen) atoms. The molecule has 0 aromatic heterocycles. The number of carbonyl (C=O) groups is 2. The van der Waals surface area contributed by atoms with Crippen LogP contribution in [0.4, 0.5) is 0 Å². The van der Waals surface area contributed by atoms with Crippen LogP contribution in [0.1, 0.15) is 27.2 Å². The third-order valence-electron chi connectivity index (χ3n) is 2.90. The molecular formula is C12H20N2O3. The number of carbonyl (C=O) groups excluding carboxylic acids is 1. The smallest absolute Gasteiger partial charge is 0.310 e. The number of carboxylic acids is 1. The van der Waals surface area contributed by atoms with Gasteiger partial charge >= 0.3 is 5.97 Å². The van der Waals surface area contributed by atoms with Crippen molar-refractivity contribution in [3.8, 4) is 0 Å². The van der Waals surface area contributed by atoms with Gasteiger partial charge in [0.1, 0.15) is 0 Å². The average Bonchev–Trinajstić information content (AvgIpc) is 2.66. The third-order valence-corrected chi connectivity index (χ3v) is 2.90. The highest BCUT2D eigenvalue weighted by atomic mass is 16.4. The summed E-state index contributed by atoms with van der Waals surface area (Å²) in [7, 11) is 0. The van der Waals surface area contributed by atoms with E-state index in [2.05, 4.69) is 10.6 Å². The SMILES string of the molecule is CCNC(C)(C)C(=O)NC1C=CC(C(=O)O)C1. The van der Waals surface area contributed by atoms with Crippen molar-refractivity contribution in [1.29, 1.82) is 0 Å². The zero-order valence-corrected chi connectivity index (χ0v) is 10.5. The van der Waals surface area contributed by atoms with E-state index in [0.29, 0.717) is 13.0 Å². The summed E-state index contributed by atoms with van der Waals surface area (Å²) in [6, 6.07) is -0.179. The number of hydrogen-bond donors (Lipinski definition) is 3. The summed E-state index contributed by atoms with van der Waals surface area (Å²) >= 11 is 0. The second kappa shape index (κ2) is 5.31. The molecule has 0 heterocycles. The first-order valence-corrected chi connectivity index (χ1v) is 5.84. The summed E-state index contributed by atoms with van der Waals surface area (Å²) in [5.74, 6) is -1.44. The zero-order chi connectivity index (χ0) is 13.1. The highest BCUT2D eigenvalue weighted by molar-refractivity contribution is 5.86. The molecule has 0 bridgehead atoms. The van der Waals surface area contributed by atoms with Crippen molar-refractivity contribution in [2.75, 3.05) is 6.54 Å². The van der Waals surface area contributed by atoms with Gasteiger partial charge in [-0.15, -0.1) is 0 Å². The molecule has 0 aromatic rings. The first kappa shape index (κ1) is 13.7. The quantitative estimate of drug-likeness (QED) is 0.612. The van der Waals surface area contributed by atoms with Crippen molar-refractivity contribution in [2.45, 2.75) is 38.8 Å². The second-order valence-electron chi connectivity index (χ2n) is 4.80. The largest absolute Gasteiger partial charge is 0.481 e. The van der Waals surface area contributed by atoms with Crippen LogP contribution in [0.25, 0.3) is 0 Å². The van der Waals surface area contributed by atoms with Crippen LogP contribution in [0.5, 0.6) is 0 Å². The van der Waals surface area contributed by atoms with Crippen LogP contribution >= 0.6 is 0 Å². The monoisotopic (exact) mass is 240 g/mol. The minimum absolute atomic E-state index is 0.111. The van der Waals surface area contributed by atoms with Crippen molar-refractivity contribution >= 4 is 11.9 Å². The van der Waals surface area contributed by atoms with E-state index in [1.807, 2.05) is 6.92 Å². The first-order chi connectivity index (χ1) is 7.86. The van der Waals surface area contributed by atoms with Gasteiger partial charge in [-0.1, -0.05) is 19.1 Å². The lowest BCUT2D eigenvalue weighted by molar-refractivity contribution is -0.140.